The van der Waals surface area contributed by atoms with E-state index in [1.54, 1.807) is 5.01 Å². The number of hydrogen-bond donors (Lipinski definition) is 0. The van der Waals surface area contributed by atoms with Crippen molar-refractivity contribution in [3.05, 3.63) is 11.8 Å². The standard InChI is InChI=1S/C9H18N2/c1-6-8(2)9(3)7-11(5)10-4/h7-8H,4,6H2,1-3,5H3. The number of rotatable bonds is 4. The largest absolute Gasteiger partial charge is 0.277 e. The molecule has 0 bridgehead atoms. The lowest BCUT2D eigenvalue weighted by molar-refractivity contribution is 0.479. The van der Waals surface area contributed by atoms with Crippen LogP contribution in [0.2, 0.25) is 0 Å². The van der Waals surface area contributed by atoms with E-state index in [1.165, 1.54) is 12.0 Å². The second-order valence-corrected chi connectivity index (χ2v) is 2.90. The summed E-state index contributed by atoms with van der Waals surface area (Å²) in [5.74, 6) is 0.638. The molecule has 0 heterocycles. The van der Waals surface area contributed by atoms with Gasteiger partial charge in [-0.2, -0.15) is 5.10 Å². The van der Waals surface area contributed by atoms with E-state index in [0.29, 0.717) is 5.92 Å². The summed E-state index contributed by atoms with van der Waals surface area (Å²) < 4.78 is 0. The topological polar surface area (TPSA) is 15.6 Å². The minimum absolute atomic E-state index is 0.638. The molecule has 0 saturated carbocycles. The van der Waals surface area contributed by atoms with Crippen LogP contribution < -0.4 is 0 Å². The summed E-state index contributed by atoms with van der Waals surface area (Å²) in [5, 5.41) is 5.49. The zero-order chi connectivity index (χ0) is 8.85. The monoisotopic (exact) mass is 154 g/mol. The second-order valence-electron chi connectivity index (χ2n) is 2.90. The van der Waals surface area contributed by atoms with Gasteiger partial charge in [-0.25, -0.2) is 0 Å². The summed E-state index contributed by atoms with van der Waals surface area (Å²) in [6.07, 6.45) is 3.19. The van der Waals surface area contributed by atoms with E-state index in [-0.39, 0.29) is 0 Å². The Morgan fingerprint density at radius 1 is 1.73 bits per heavy atom. The number of nitrogens with zero attached hydrogens (tertiary/aromatic N) is 2. The van der Waals surface area contributed by atoms with E-state index >= 15 is 0 Å². The highest BCUT2D eigenvalue weighted by Gasteiger charge is 2.00. The summed E-state index contributed by atoms with van der Waals surface area (Å²) in [5.41, 5.74) is 1.35. The molecule has 2 nitrogen and oxygen atoms in total. The lowest BCUT2D eigenvalue weighted by Gasteiger charge is -2.12. The smallest absolute Gasteiger partial charge is 0.0296 e. The molecule has 0 aliphatic heterocycles. The summed E-state index contributed by atoms with van der Waals surface area (Å²) in [6, 6.07) is 0. The Kier molecular flexibility index (Phi) is 4.59. The van der Waals surface area contributed by atoms with Crippen molar-refractivity contribution in [1.29, 1.82) is 0 Å². The zero-order valence-electron chi connectivity index (χ0n) is 7.96. The van der Waals surface area contributed by atoms with Crippen LogP contribution in [0.25, 0.3) is 0 Å². The summed E-state index contributed by atoms with van der Waals surface area (Å²) in [6.45, 7) is 9.95. The molecule has 0 spiro atoms. The summed E-state index contributed by atoms with van der Waals surface area (Å²) >= 11 is 0. The molecule has 1 atom stereocenters. The molecule has 0 amide bonds. The second kappa shape index (κ2) is 4.94. The molecular weight excluding hydrogens is 136 g/mol. The molecule has 0 radical (unpaired) electrons. The van der Waals surface area contributed by atoms with E-state index in [9.17, 15) is 0 Å². The Morgan fingerprint density at radius 2 is 2.27 bits per heavy atom. The quantitative estimate of drug-likeness (QED) is 0.448. The lowest BCUT2D eigenvalue weighted by Crippen LogP contribution is -2.04. The van der Waals surface area contributed by atoms with Crippen LogP contribution in [-0.4, -0.2) is 18.8 Å². The number of hydrogen-bond acceptors (Lipinski definition) is 2. The average Bonchev–Trinajstić information content (AvgIpc) is 2.02. The minimum Gasteiger partial charge on any atom is -0.277 e. The van der Waals surface area contributed by atoms with Crippen molar-refractivity contribution < 1.29 is 0 Å². The van der Waals surface area contributed by atoms with Crippen LogP contribution in [0.5, 0.6) is 0 Å². The molecule has 0 aromatic rings. The Morgan fingerprint density at radius 3 is 2.64 bits per heavy atom. The van der Waals surface area contributed by atoms with Gasteiger partial charge in [-0.1, -0.05) is 19.4 Å². The molecule has 0 aromatic carbocycles. The van der Waals surface area contributed by atoms with Crippen molar-refractivity contribution in [2.24, 2.45) is 11.0 Å². The van der Waals surface area contributed by atoms with Crippen molar-refractivity contribution in [2.75, 3.05) is 7.05 Å². The summed E-state index contributed by atoms with van der Waals surface area (Å²) in [4.78, 5) is 0. The van der Waals surface area contributed by atoms with Gasteiger partial charge in [0.1, 0.15) is 0 Å². The van der Waals surface area contributed by atoms with Crippen LogP contribution in [0.3, 0.4) is 0 Å². The molecule has 64 valence electrons. The zero-order valence-corrected chi connectivity index (χ0v) is 7.96. The van der Waals surface area contributed by atoms with Gasteiger partial charge in [0.2, 0.25) is 0 Å². The third-order valence-electron chi connectivity index (χ3n) is 2.00. The fourth-order valence-electron chi connectivity index (χ4n) is 0.785. The van der Waals surface area contributed by atoms with E-state index < -0.39 is 0 Å². The van der Waals surface area contributed by atoms with Crippen molar-refractivity contribution >= 4 is 6.72 Å². The van der Waals surface area contributed by atoms with E-state index in [2.05, 4.69) is 32.6 Å². The fourth-order valence-corrected chi connectivity index (χ4v) is 0.785. The van der Waals surface area contributed by atoms with Gasteiger partial charge in [0.05, 0.1) is 0 Å². The molecular formula is C9H18N2. The first-order valence-electron chi connectivity index (χ1n) is 3.99. The molecule has 1 unspecified atom stereocenters. The Bertz CT molecular complexity index is 150. The molecule has 0 aliphatic carbocycles. The Labute approximate surface area is 69.6 Å². The molecule has 0 aliphatic rings. The van der Waals surface area contributed by atoms with Crippen LogP contribution in [0, 0.1) is 5.92 Å². The van der Waals surface area contributed by atoms with E-state index in [1.807, 2.05) is 13.2 Å². The fraction of sp³-hybridized carbons (Fsp3) is 0.667. The highest BCUT2D eigenvalue weighted by atomic mass is 15.4. The van der Waals surface area contributed by atoms with Gasteiger partial charge < -0.3 is 0 Å². The molecule has 0 aromatic heterocycles. The van der Waals surface area contributed by atoms with Gasteiger partial charge in [0.25, 0.3) is 0 Å². The maximum Gasteiger partial charge on any atom is 0.0296 e. The van der Waals surface area contributed by atoms with Crippen molar-refractivity contribution in [1.82, 2.24) is 5.01 Å². The normalized spacial score (nSPS) is 14.4. The maximum atomic E-state index is 3.75. The predicted molar refractivity (Wildman–Crippen MR) is 50.5 cm³/mol. The highest BCUT2D eigenvalue weighted by Crippen LogP contribution is 2.13. The van der Waals surface area contributed by atoms with Gasteiger partial charge in [-0.3, -0.25) is 5.01 Å². The minimum atomic E-state index is 0.638. The third kappa shape index (κ3) is 3.81. The van der Waals surface area contributed by atoms with Crippen LogP contribution in [0.15, 0.2) is 16.9 Å². The van der Waals surface area contributed by atoms with E-state index in [4.69, 9.17) is 0 Å². The Hall–Kier alpha value is -0.790. The van der Waals surface area contributed by atoms with Crippen molar-refractivity contribution in [2.45, 2.75) is 27.2 Å². The average molecular weight is 154 g/mol. The van der Waals surface area contributed by atoms with Crippen LogP contribution in [0.4, 0.5) is 0 Å². The molecule has 0 rings (SSSR count). The Balaban J connectivity index is 4.08. The van der Waals surface area contributed by atoms with Gasteiger partial charge >= 0.3 is 0 Å². The SMILES string of the molecule is C=NN(C)C=C(C)C(C)CC. The highest BCUT2D eigenvalue weighted by molar-refractivity contribution is 5.22. The van der Waals surface area contributed by atoms with Gasteiger partial charge in [-0.15, -0.1) is 0 Å². The molecule has 0 saturated heterocycles. The third-order valence-corrected chi connectivity index (χ3v) is 2.00. The first kappa shape index (κ1) is 10.2. The predicted octanol–water partition coefficient (Wildman–Crippen LogP) is 2.48. The van der Waals surface area contributed by atoms with Crippen molar-refractivity contribution in [3.63, 3.8) is 0 Å². The maximum absolute atomic E-state index is 3.75. The first-order chi connectivity index (χ1) is 5.11. The molecule has 0 N–H and O–H groups in total. The first-order valence-corrected chi connectivity index (χ1v) is 3.99. The van der Waals surface area contributed by atoms with Gasteiger partial charge in [0.15, 0.2) is 0 Å². The van der Waals surface area contributed by atoms with Gasteiger partial charge in [-0.05, 0) is 19.3 Å². The van der Waals surface area contributed by atoms with Crippen LogP contribution in [-0.2, 0) is 0 Å². The van der Waals surface area contributed by atoms with E-state index in [0.717, 1.165) is 0 Å². The molecule has 2 heteroatoms. The number of allylic oxidation sites excluding steroid dienone is 1. The molecule has 11 heavy (non-hydrogen) atoms. The van der Waals surface area contributed by atoms with Crippen LogP contribution >= 0.6 is 0 Å². The van der Waals surface area contributed by atoms with Crippen molar-refractivity contribution in [3.8, 4) is 0 Å². The van der Waals surface area contributed by atoms with Gasteiger partial charge in [0, 0.05) is 20.0 Å². The molecule has 0 fully saturated rings. The summed E-state index contributed by atoms with van der Waals surface area (Å²) in [7, 11) is 1.89. The number of hydrazone groups is 1. The van der Waals surface area contributed by atoms with Crippen LogP contribution in [0.1, 0.15) is 27.2 Å². The lowest BCUT2D eigenvalue weighted by atomic mass is 10.0.